The first-order chi connectivity index (χ1) is 16.2. The van der Waals surface area contributed by atoms with Crippen molar-refractivity contribution in [1.29, 1.82) is 0 Å². The number of carbonyl (C=O) groups is 1. The number of furan rings is 1. The number of hydrogen-bond acceptors (Lipinski definition) is 5. The number of rotatable bonds is 12. The molecule has 3 rings (SSSR count). The zero-order valence-electron chi connectivity index (χ0n) is 19.5. The molecule has 0 aliphatic carbocycles. The van der Waals surface area contributed by atoms with Crippen molar-refractivity contribution in [3.63, 3.8) is 0 Å². The van der Waals surface area contributed by atoms with E-state index >= 15 is 0 Å². The van der Waals surface area contributed by atoms with Crippen molar-refractivity contribution in [3.05, 3.63) is 54.0 Å². The van der Waals surface area contributed by atoms with E-state index in [1.165, 1.54) is 12.3 Å². The molecule has 0 saturated heterocycles. The summed E-state index contributed by atoms with van der Waals surface area (Å²) in [6, 6.07) is 11.0. The molecule has 1 aromatic carbocycles. The van der Waals surface area contributed by atoms with Crippen molar-refractivity contribution in [1.82, 2.24) is 0 Å². The number of carboxylic acid groups (broad SMARTS) is 1. The molecule has 0 bridgehead atoms. The molecule has 2 heterocycles. The van der Waals surface area contributed by atoms with Crippen LogP contribution in [0.1, 0.15) is 51.0 Å². The quantitative estimate of drug-likeness (QED) is 0.218. The zero-order chi connectivity index (χ0) is 24.7. The Morgan fingerprint density at radius 1 is 1.06 bits per heavy atom. The van der Waals surface area contributed by atoms with Gasteiger partial charge >= 0.3 is 5.97 Å². The van der Waals surface area contributed by atoms with E-state index in [-0.39, 0.29) is 11.3 Å². The molecule has 34 heavy (non-hydrogen) atoms. The van der Waals surface area contributed by atoms with E-state index in [1.54, 1.807) is 10.6 Å². The highest BCUT2D eigenvalue weighted by Crippen LogP contribution is 2.26. The van der Waals surface area contributed by atoms with Gasteiger partial charge in [0.05, 0.1) is 0 Å². The minimum atomic E-state index is -4.33. The summed E-state index contributed by atoms with van der Waals surface area (Å²) in [6.45, 7) is 6.52. The molecule has 2 N–H and O–H groups in total. The smallest absolute Gasteiger partial charge is 0.303 e. The molecule has 0 fully saturated rings. The summed E-state index contributed by atoms with van der Waals surface area (Å²) in [5.74, 6) is -0.168. The molecule has 3 aromatic rings. The van der Waals surface area contributed by atoms with Gasteiger partial charge in [0.1, 0.15) is 17.9 Å². The third-order valence-corrected chi connectivity index (χ3v) is 6.53. The number of aliphatic carboxylic acids is 1. The van der Waals surface area contributed by atoms with Crippen LogP contribution in [0, 0.1) is 0 Å². The van der Waals surface area contributed by atoms with Crippen LogP contribution in [0.3, 0.4) is 0 Å². The molecule has 0 spiro atoms. The second-order valence-electron chi connectivity index (χ2n) is 8.04. The fourth-order valence-corrected chi connectivity index (χ4v) is 4.34. The minimum Gasteiger partial charge on any atom is -0.481 e. The molecule has 0 saturated carbocycles. The van der Waals surface area contributed by atoms with Crippen LogP contribution in [0.15, 0.2) is 51.9 Å². The molecular formula is C25H31N2O6S+. The fourth-order valence-electron chi connectivity index (χ4n) is 3.84. The first-order valence-electron chi connectivity index (χ1n) is 11.4. The van der Waals surface area contributed by atoms with Gasteiger partial charge in [-0.1, -0.05) is 0 Å². The van der Waals surface area contributed by atoms with Crippen LogP contribution in [0.2, 0.25) is 0 Å². The number of hydrogen-bond donors (Lipinski definition) is 2. The topological polar surface area (TPSA) is 112 Å². The zero-order valence-corrected chi connectivity index (χ0v) is 20.3. The summed E-state index contributed by atoms with van der Waals surface area (Å²) >= 11 is 0. The highest BCUT2D eigenvalue weighted by Gasteiger charge is 2.18. The summed E-state index contributed by atoms with van der Waals surface area (Å²) in [6.07, 6.45) is 7.05. The third-order valence-electron chi connectivity index (χ3n) is 5.69. The SMILES string of the molecule is CCN(CC)c1ccc2cc(/C=C/c3ccc(S(=O)(=O)O)c[n+]3CCCCCC(=O)O)oc2c1. The number of nitrogens with zero attached hydrogens (tertiary/aromatic N) is 2. The lowest BCUT2D eigenvalue weighted by molar-refractivity contribution is -0.700. The number of unbranched alkanes of at least 4 members (excludes halogenated alkanes) is 2. The molecule has 0 aliphatic heterocycles. The number of carboxylic acids is 1. The lowest BCUT2D eigenvalue weighted by Gasteiger charge is -2.20. The maximum Gasteiger partial charge on any atom is 0.303 e. The van der Waals surface area contributed by atoms with Crippen LogP contribution in [-0.2, 0) is 21.5 Å². The van der Waals surface area contributed by atoms with Crippen LogP contribution in [0.25, 0.3) is 23.1 Å². The Morgan fingerprint density at radius 3 is 2.50 bits per heavy atom. The highest BCUT2D eigenvalue weighted by molar-refractivity contribution is 7.85. The maximum absolute atomic E-state index is 11.6. The number of aryl methyl sites for hydroxylation is 1. The Kier molecular flexibility index (Phi) is 8.46. The Morgan fingerprint density at radius 2 is 1.82 bits per heavy atom. The predicted octanol–water partition coefficient (Wildman–Crippen LogP) is 4.63. The lowest BCUT2D eigenvalue weighted by Crippen LogP contribution is -2.37. The fraction of sp³-hybridized carbons (Fsp3) is 0.360. The third kappa shape index (κ3) is 6.68. The van der Waals surface area contributed by atoms with Gasteiger partial charge in [-0.05, 0) is 57.0 Å². The first-order valence-corrected chi connectivity index (χ1v) is 12.8. The molecule has 0 radical (unpaired) electrons. The summed E-state index contributed by atoms with van der Waals surface area (Å²) < 4.78 is 40.3. The maximum atomic E-state index is 11.6. The standard InChI is InChI=1S/C25H30N2O6S/c1-3-26(4-2)21-10-9-19-16-22(33-24(19)17-21)13-11-20-12-14-23(34(30,31)32)18-27(20)15-7-5-6-8-25(28)29/h9-14,16-18H,3-8,15H2,1-2H3,(H-,28,29,30,31,32)/p+1. The van der Waals surface area contributed by atoms with Gasteiger partial charge in [0.25, 0.3) is 10.1 Å². The van der Waals surface area contributed by atoms with E-state index in [2.05, 4.69) is 24.8 Å². The monoisotopic (exact) mass is 487 g/mol. The van der Waals surface area contributed by atoms with Crippen molar-refractivity contribution in [3.8, 4) is 0 Å². The minimum absolute atomic E-state index is 0.102. The van der Waals surface area contributed by atoms with Gasteiger partial charge < -0.3 is 14.4 Å². The van der Waals surface area contributed by atoms with Crippen molar-refractivity contribution in [2.45, 2.75) is 51.0 Å². The van der Waals surface area contributed by atoms with E-state index in [9.17, 15) is 17.8 Å². The van der Waals surface area contributed by atoms with Gasteiger partial charge in [-0.15, -0.1) is 0 Å². The van der Waals surface area contributed by atoms with E-state index in [1.807, 2.05) is 30.4 Å². The number of pyridine rings is 1. The second-order valence-corrected chi connectivity index (χ2v) is 9.46. The van der Waals surface area contributed by atoms with Crippen LogP contribution < -0.4 is 9.47 Å². The highest BCUT2D eigenvalue weighted by atomic mass is 32.2. The molecule has 8 nitrogen and oxygen atoms in total. The van der Waals surface area contributed by atoms with E-state index in [0.29, 0.717) is 31.6 Å². The number of benzene rings is 1. The number of fused-ring (bicyclic) bond motifs is 1. The predicted molar refractivity (Wildman–Crippen MR) is 131 cm³/mol. The molecule has 0 atom stereocenters. The van der Waals surface area contributed by atoms with Gasteiger partial charge in [0.15, 0.2) is 11.1 Å². The van der Waals surface area contributed by atoms with Crippen LogP contribution >= 0.6 is 0 Å². The Bertz CT molecular complexity index is 1280. The largest absolute Gasteiger partial charge is 0.481 e. The van der Waals surface area contributed by atoms with Crippen LogP contribution in [0.4, 0.5) is 5.69 Å². The second kappa shape index (κ2) is 11.3. The van der Waals surface area contributed by atoms with Gasteiger partial charge in [-0.2, -0.15) is 13.0 Å². The summed E-state index contributed by atoms with van der Waals surface area (Å²) in [5, 5.41) is 9.77. The van der Waals surface area contributed by atoms with Crippen LogP contribution in [0.5, 0.6) is 0 Å². The molecule has 0 aliphatic rings. The normalized spacial score (nSPS) is 12.0. The van der Waals surface area contributed by atoms with Gasteiger partial charge in [0.2, 0.25) is 5.69 Å². The summed E-state index contributed by atoms with van der Waals surface area (Å²) in [7, 11) is -4.33. The Labute approximate surface area is 199 Å². The van der Waals surface area contributed by atoms with Gasteiger partial charge in [0, 0.05) is 55.2 Å². The summed E-state index contributed by atoms with van der Waals surface area (Å²) in [5.41, 5.74) is 2.62. The molecule has 0 amide bonds. The van der Waals surface area contributed by atoms with E-state index in [4.69, 9.17) is 9.52 Å². The van der Waals surface area contributed by atoms with Crippen molar-refractivity contribution in [2.24, 2.45) is 0 Å². The van der Waals surface area contributed by atoms with Gasteiger partial charge in [-0.3, -0.25) is 9.35 Å². The first kappa shape index (κ1) is 25.5. The number of aromatic nitrogens is 1. The average molecular weight is 488 g/mol. The molecule has 9 heteroatoms. The molecule has 0 unspecified atom stereocenters. The van der Waals surface area contributed by atoms with Crippen molar-refractivity contribution >= 4 is 44.9 Å². The average Bonchev–Trinajstić information content (AvgIpc) is 3.20. The van der Waals surface area contributed by atoms with Crippen LogP contribution in [-0.4, -0.2) is 37.1 Å². The van der Waals surface area contributed by atoms with Crippen molar-refractivity contribution < 1.29 is 31.9 Å². The number of anilines is 1. The molecule has 182 valence electrons. The Balaban J connectivity index is 1.83. The van der Waals surface area contributed by atoms with E-state index < -0.39 is 16.1 Å². The lowest BCUT2D eigenvalue weighted by atomic mass is 10.2. The molecular weight excluding hydrogens is 456 g/mol. The van der Waals surface area contributed by atoms with E-state index in [0.717, 1.165) is 35.4 Å². The van der Waals surface area contributed by atoms with Crippen molar-refractivity contribution in [2.75, 3.05) is 18.0 Å². The van der Waals surface area contributed by atoms with Gasteiger partial charge in [-0.25, -0.2) is 0 Å². The summed E-state index contributed by atoms with van der Waals surface area (Å²) in [4.78, 5) is 12.7. The Hall–Kier alpha value is -3.17. The molecule has 2 aromatic heterocycles.